The van der Waals surface area contributed by atoms with Crippen molar-refractivity contribution in [3.8, 4) is 17.0 Å². The largest absolute Gasteiger partial charge is 0.431 e. The van der Waals surface area contributed by atoms with Crippen LogP contribution in [0, 0.1) is 5.92 Å². The number of morpholine rings is 1. The standard InChI is InChI=1S/C22H25F2N5O2/c23-21(24)31-17-5-13(9-26-19(17)25)16-7-18(29-10-15-6-14(29)11-30-15)28-20(27-16)22-3-1-12(8-22)2-4-22/h5,7,9,12,14-15,21H,1-4,6,8,10-11H2,(H2,25,26)/t12?,14-,15-,22?/m0/s1. The summed E-state index contributed by atoms with van der Waals surface area (Å²) in [5.41, 5.74) is 7.02. The molecule has 2 aromatic rings. The smallest absolute Gasteiger partial charge is 0.387 e. The molecule has 9 heteroatoms. The van der Waals surface area contributed by atoms with E-state index in [1.807, 2.05) is 6.07 Å². The topological polar surface area (TPSA) is 86.4 Å². The average Bonchev–Trinajstić information content (AvgIpc) is 3.56. The van der Waals surface area contributed by atoms with Crippen molar-refractivity contribution in [3.63, 3.8) is 0 Å². The Balaban J connectivity index is 1.44. The molecule has 0 unspecified atom stereocenters. The Morgan fingerprint density at radius 2 is 2.06 bits per heavy atom. The van der Waals surface area contributed by atoms with Gasteiger partial charge < -0.3 is 20.1 Å². The lowest BCUT2D eigenvalue weighted by Crippen LogP contribution is -2.38. The van der Waals surface area contributed by atoms with Crippen molar-refractivity contribution in [1.29, 1.82) is 0 Å². The molecule has 6 rings (SSSR count). The van der Waals surface area contributed by atoms with Crippen LogP contribution >= 0.6 is 0 Å². The fraction of sp³-hybridized carbons (Fsp3) is 0.591. The van der Waals surface area contributed by atoms with Crippen LogP contribution < -0.4 is 15.4 Å². The van der Waals surface area contributed by atoms with E-state index in [4.69, 9.17) is 20.4 Å². The highest BCUT2D eigenvalue weighted by Crippen LogP contribution is 2.55. The maximum absolute atomic E-state index is 12.8. The van der Waals surface area contributed by atoms with Gasteiger partial charge in [-0.05, 0) is 50.5 Å². The first kappa shape index (κ1) is 19.2. The number of fused-ring (bicyclic) bond motifs is 4. The van der Waals surface area contributed by atoms with E-state index >= 15 is 0 Å². The minimum atomic E-state index is -2.97. The number of anilines is 2. The number of halogens is 2. The number of hydrogen-bond acceptors (Lipinski definition) is 7. The molecule has 2 aliphatic carbocycles. The van der Waals surface area contributed by atoms with E-state index in [1.165, 1.54) is 18.9 Å². The third-order valence-corrected chi connectivity index (χ3v) is 7.52. The van der Waals surface area contributed by atoms with Crippen LogP contribution in [0.25, 0.3) is 11.3 Å². The third-order valence-electron chi connectivity index (χ3n) is 7.52. The van der Waals surface area contributed by atoms with Gasteiger partial charge in [-0.2, -0.15) is 8.78 Å². The van der Waals surface area contributed by atoms with Gasteiger partial charge in [0.15, 0.2) is 11.6 Å². The fourth-order valence-electron chi connectivity index (χ4n) is 5.94. The summed E-state index contributed by atoms with van der Waals surface area (Å²) >= 11 is 0. The van der Waals surface area contributed by atoms with Crippen molar-refractivity contribution in [1.82, 2.24) is 15.0 Å². The number of hydrogen-bond donors (Lipinski definition) is 1. The molecular weight excluding hydrogens is 404 g/mol. The van der Waals surface area contributed by atoms with Gasteiger partial charge in [0, 0.05) is 29.8 Å². The summed E-state index contributed by atoms with van der Waals surface area (Å²) in [5, 5.41) is 0. The van der Waals surface area contributed by atoms with Crippen LogP contribution in [0.5, 0.6) is 5.75 Å². The van der Waals surface area contributed by atoms with Crippen molar-refractivity contribution in [2.24, 2.45) is 5.92 Å². The number of ether oxygens (including phenoxy) is 2. The number of alkyl halides is 2. The molecule has 7 nitrogen and oxygen atoms in total. The summed E-state index contributed by atoms with van der Waals surface area (Å²) in [6.07, 6.45) is 8.61. The maximum Gasteiger partial charge on any atom is 0.387 e. The van der Waals surface area contributed by atoms with Crippen LogP contribution in [0.15, 0.2) is 18.3 Å². The Labute approximate surface area is 179 Å². The highest BCUT2D eigenvalue weighted by molar-refractivity contribution is 5.67. The van der Waals surface area contributed by atoms with Gasteiger partial charge in [0.1, 0.15) is 11.6 Å². The number of nitrogens with two attached hydrogens (primary N) is 1. The van der Waals surface area contributed by atoms with E-state index in [1.54, 1.807) is 6.20 Å². The molecule has 0 radical (unpaired) electrons. The lowest BCUT2D eigenvalue weighted by Gasteiger charge is -2.31. The minimum absolute atomic E-state index is 0.0220. The summed E-state index contributed by atoms with van der Waals surface area (Å²) < 4.78 is 35.9. The van der Waals surface area contributed by atoms with Crippen LogP contribution in [0.3, 0.4) is 0 Å². The molecule has 0 amide bonds. The molecule has 2 aliphatic heterocycles. The van der Waals surface area contributed by atoms with E-state index in [9.17, 15) is 8.78 Å². The van der Waals surface area contributed by atoms with Crippen molar-refractivity contribution < 1.29 is 18.3 Å². The van der Waals surface area contributed by atoms with Gasteiger partial charge in [-0.3, -0.25) is 0 Å². The quantitative estimate of drug-likeness (QED) is 0.778. The Hall–Kier alpha value is -2.55. The highest BCUT2D eigenvalue weighted by atomic mass is 19.3. The van der Waals surface area contributed by atoms with Crippen molar-refractivity contribution in [3.05, 3.63) is 24.2 Å². The summed E-state index contributed by atoms with van der Waals surface area (Å²) in [6.45, 7) is -1.44. The lowest BCUT2D eigenvalue weighted by molar-refractivity contribution is -0.0494. The Bertz CT molecular complexity index is 1010. The first-order valence-electron chi connectivity index (χ1n) is 11.0. The molecule has 2 saturated heterocycles. The molecule has 2 saturated carbocycles. The molecule has 2 atom stereocenters. The molecule has 4 heterocycles. The lowest BCUT2D eigenvalue weighted by atomic mass is 9.83. The Morgan fingerprint density at radius 1 is 1.23 bits per heavy atom. The van der Waals surface area contributed by atoms with Crippen molar-refractivity contribution in [2.45, 2.75) is 62.7 Å². The minimum Gasteiger partial charge on any atom is -0.431 e. The SMILES string of the molecule is Nc1ncc(-c2cc(N3C[C@@H]4C[C@H]3CO4)nc(C34CCC(CC3)C4)n2)cc1OC(F)F. The normalized spacial score (nSPS) is 31.2. The fourth-order valence-corrected chi connectivity index (χ4v) is 5.94. The van der Waals surface area contributed by atoms with Gasteiger partial charge in [0.2, 0.25) is 0 Å². The van der Waals surface area contributed by atoms with Gasteiger partial charge in [-0.1, -0.05) is 0 Å². The van der Waals surface area contributed by atoms with E-state index in [0.717, 1.165) is 49.8 Å². The van der Waals surface area contributed by atoms with Gasteiger partial charge >= 0.3 is 6.61 Å². The van der Waals surface area contributed by atoms with E-state index in [-0.39, 0.29) is 23.1 Å². The zero-order valence-corrected chi connectivity index (χ0v) is 17.1. The summed E-state index contributed by atoms with van der Waals surface area (Å²) in [7, 11) is 0. The molecule has 4 bridgehead atoms. The van der Waals surface area contributed by atoms with Gasteiger partial charge in [-0.25, -0.2) is 15.0 Å². The zero-order chi connectivity index (χ0) is 21.2. The summed E-state index contributed by atoms with van der Waals surface area (Å²) in [6, 6.07) is 3.75. The van der Waals surface area contributed by atoms with Crippen LogP contribution in [0.2, 0.25) is 0 Å². The first-order valence-corrected chi connectivity index (χ1v) is 11.0. The first-order chi connectivity index (χ1) is 15.0. The molecule has 31 heavy (non-hydrogen) atoms. The Kier molecular flexibility index (Phi) is 4.31. The van der Waals surface area contributed by atoms with Crippen LogP contribution in [0.1, 0.15) is 44.3 Å². The second-order valence-electron chi connectivity index (χ2n) is 9.35. The predicted molar refractivity (Wildman–Crippen MR) is 110 cm³/mol. The average molecular weight is 429 g/mol. The molecule has 164 valence electrons. The Morgan fingerprint density at radius 3 is 2.71 bits per heavy atom. The number of aromatic nitrogens is 3. The number of nitrogens with zero attached hydrogens (tertiary/aromatic N) is 4. The van der Waals surface area contributed by atoms with Crippen molar-refractivity contribution >= 4 is 11.6 Å². The molecule has 2 N–H and O–H groups in total. The van der Waals surface area contributed by atoms with Crippen LogP contribution in [-0.4, -0.2) is 46.9 Å². The van der Waals surface area contributed by atoms with Gasteiger partial charge in [-0.15, -0.1) is 0 Å². The number of nitrogen functional groups attached to an aromatic ring is 1. The maximum atomic E-state index is 12.8. The van der Waals surface area contributed by atoms with Crippen molar-refractivity contribution in [2.75, 3.05) is 23.8 Å². The van der Waals surface area contributed by atoms with E-state index in [2.05, 4.69) is 14.6 Å². The molecule has 0 spiro atoms. The highest BCUT2D eigenvalue weighted by Gasteiger charge is 2.48. The van der Waals surface area contributed by atoms with Gasteiger partial charge in [0.25, 0.3) is 0 Å². The van der Waals surface area contributed by atoms with Crippen LogP contribution in [-0.2, 0) is 10.2 Å². The molecule has 2 aromatic heterocycles. The summed E-state index contributed by atoms with van der Waals surface area (Å²) in [5.74, 6) is 2.31. The summed E-state index contributed by atoms with van der Waals surface area (Å²) in [4.78, 5) is 16.4. The molecule has 0 aromatic carbocycles. The molecular formula is C22H25F2N5O2. The second kappa shape index (κ2) is 6.98. The predicted octanol–water partition coefficient (Wildman–Crippen LogP) is 3.53. The number of rotatable bonds is 5. The third kappa shape index (κ3) is 3.21. The molecule has 4 fully saturated rings. The monoisotopic (exact) mass is 429 g/mol. The van der Waals surface area contributed by atoms with E-state index < -0.39 is 6.61 Å². The van der Waals surface area contributed by atoms with E-state index in [0.29, 0.717) is 23.9 Å². The van der Waals surface area contributed by atoms with Crippen LogP contribution in [0.4, 0.5) is 20.4 Å². The van der Waals surface area contributed by atoms with Gasteiger partial charge in [0.05, 0.1) is 24.4 Å². The molecule has 4 aliphatic rings. The zero-order valence-electron chi connectivity index (χ0n) is 17.1. The number of pyridine rings is 1. The second-order valence-corrected chi connectivity index (χ2v) is 9.35.